The van der Waals surface area contributed by atoms with Gasteiger partial charge >= 0.3 is 6.03 Å². The van der Waals surface area contributed by atoms with Gasteiger partial charge in [-0.05, 0) is 49.5 Å². The Morgan fingerprint density at radius 3 is 2.19 bits per heavy atom. The molecule has 0 aromatic heterocycles. The van der Waals surface area contributed by atoms with Crippen molar-refractivity contribution in [1.82, 2.24) is 10.2 Å². The molecule has 0 saturated carbocycles. The van der Waals surface area contributed by atoms with E-state index in [1.165, 1.54) is 33.5 Å². The van der Waals surface area contributed by atoms with Crippen LogP contribution in [0.4, 0.5) is 14.9 Å². The van der Waals surface area contributed by atoms with E-state index in [4.69, 9.17) is 14.2 Å². The van der Waals surface area contributed by atoms with Gasteiger partial charge in [0.05, 0.1) is 27.0 Å². The standard InChI is InChI=1S/C23H30FN3O4/c1-29-20-12-19(13-21(30-2)22(20)31-3)26-23(28)25-14-16-8-10-27(11-9-16)15-17-4-6-18(24)7-5-17/h4-7,12-13,16H,8-11,14-15H2,1-3H3,(H2,25,26,28). The molecule has 1 aliphatic heterocycles. The van der Waals surface area contributed by atoms with Crippen molar-refractivity contribution < 1.29 is 23.4 Å². The largest absolute Gasteiger partial charge is 0.493 e. The van der Waals surface area contributed by atoms with Crippen LogP contribution in [0.15, 0.2) is 36.4 Å². The maximum Gasteiger partial charge on any atom is 0.319 e. The van der Waals surface area contributed by atoms with Gasteiger partial charge in [-0.25, -0.2) is 9.18 Å². The molecule has 0 atom stereocenters. The summed E-state index contributed by atoms with van der Waals surface area (Å²) in [5.41, 5.74) is 1.67. The number of halogens is 1. The molecule has 8 heteroatoms. The second-order valence-corrected chi connectivity index (χ2v) is 7.60. The zero-order valence-corrected chi connectivity index (χ0v) is 18.2. The lowest BCUT2D eigenvalue weighted by Crippen LogP contribution is -2.39. The topological polar surface area (TPSA) is 72.1 Å². The Balaban J connectivity index is 1.45. The predicted molar refractivity (Wildman–Crippen MR) is 118 cm³/mol. The second-order valence-electron chi connectivity index (χ2n) is 7.60. The molecule has 1 heterocycles. The number of likely N-dealkylation sites (tertiary alicyclic amines) is 1. The quantitative estimate of drug-likeness (QED) is 0.664. The summed E-state index contributed by atoms with van der Waals surface area (Å²) in [5, 5.41) is 5.77. The molecule has 2 N–H and O–H groups in total. The van der Waals surface area contributed by atoms with E-state index in [9.17, 15) is 9.18 Å². The van der Waals surface area contributed by atoms with Crippen LogP contribution in [0.5, 0.6) is 17.2 Å². The van der Waals surface area contributed by atoms with Crippen molar-refractivity contribution in [3.63, 3.8) is 0 Å². The van der Waals surface area contributed by atoms with Crippen molar-refractivity contribution >= 4 is 11.7 Å². The number of hydrogen-bond acceptors (Lipinski definition) is 5. The Morgan fingerprint density at radius 2 is 1.65 bits per heavy atom. The number of anilines is 1. The van der Waals surface area contributed by atoms with Crippen LogP contribution in [-0.4, -0.2) is 51.9 Å². The highest BCUT2D eigenvalue weighted by atomic mass is 19.1. The van der Waals surface area contributed by atoms with Gasteiger partial charge in [-0.15, -0.1) is 0 Å². The average molecular weight is 432 g/mol. The zero-order chi connectivity index (χ0) is 22.2. The van der Waals surface area contributed by atoms with Gasteiger partial charge in [0, 0.05) is 25.2 Å². The predicted octanol–water partition coefficient (Wildman–Crippen LogP) is 3.89. The SMILES string of the molecule is COc1cc(NC(=O)NCC2CCN(Cc3ccc(F)cc3)CC2)cc(OC)c1OC. The van der Waals surface area contributed by atoms with Gasteiger partial charge in [-0.2, -0.15) is 0 Å². The number of hydrogen-bond donors (Lipinski definition) is 2. The molecule has 7 nitrogen and oxygen atoms in total. The lowest BCUT2D eigenvalue weighted by molar-refractivity contribution is 0.175. The van der Waals surface area contributed by atoms with Crippen LogP contribution in [0.3, 0.4) is 0 Å². The van der Waals surface area contributed by atoms with E-state index in [0.29, 0.717) is 35.4 Å². The molecule has 2 aromatic rings. The van der Waals surface area contributed by atoms with Gasteiger partial charge < -0.3 is 24.8 Å². The highest BCUT2D eigenvalue weighted by molar-refractivity contribution is 5.90. The number of carbonyl (C=O) groups is 1. The first-order chi connectivity index (χ1) is 15.0. The molecule has 0 bridgehead atoms. The fourth-order valence-electron chi connectivity index (χ4n) is 3.76. The monoisotopic (exact) mass is 431 g/mol. The summed E-state index contributed by atoms with van der Waals surface area (Å²) in [6.07, 6.45) is 2.01. The first kappa shape index (κ1) is 22.7. The number of piperidine rings is 1. The smallest absolute Gasteiger partial charge is 0.319 e. The summed E-state index contributed by atoms with van der Waals surface area (Å²) in [5.74, 6) is 1.65. The van der Waals surface area contributed by atoms with E-state index in [1.54, 1.807) is 12.1 Å². The summed E-state index contributed by atoms with van der Waals surface area (Å²) >= 11 is 0. The maximum atomic E-state index is 13.0. The van der Waals surface area contributed by atoms with Crippen LogP contribution >= 0.6 is 0 Å². The van der Waals surface area contributed by atoms with Gasteiger partial charge in [0.2, 0.25) is 5.75 Å². The molecule has 1 fully saturated rings. The number of ether oxygens (including phenoxy) is 3. The van der Waals surface area contributed by atoms with E-state index in [1.807, 2.05) is 12.1 Å². The van der Waals surface area contributed by atoms with E-state index in [-0.39, 0.29) is 11.8 Å². The number of nitrogens with zero attached hydrogens (tertiary/aromatic N) is 1. The first-order valence-electron chi connectivity index (χ1n) is 10.3. The fraction of sp³-hybridized carbons (Fsp3) is 0.435. The van der Waals surface area contributed by atoms with Crippen molar-refractivity contribution in [3.05, 3.63) is 47.8 Å². The number of urea groups is 1. The Kier molecular flexibility index (Phi) is 7.94. The fourth-order valence-corrected chi connectivity index (χ4v) is 3.76. The third-order valence-electron chi connectivity index (χ3n) is 5.50. The number of rotatable bonds is 8. The summed E-state index contributed by atoms with van der Waals surface area (Å²) in [6.45, 7) is 3.35. The van der Waals surface area contributed by atoms with Crippen molar-refractivity contribution in [1.29, 1.82) is 0 Å². The minimum atomic E-state index is -0.275. The number of amides is 2. The molecule has 2 aromatic carbocycles. The Morgan fingerprint density at radius 1 is 1.03 bits per heavy atom. The van der Waals surface area contributed by atoms with Crippen LogP contribution in [-0.2, 0) is 6.54 Å². The van der Waals surface area contributed by atoms with Gasteiger partial charge in [-0.1, -0.05) is 12.1 Å². The highest BCUT2D eigenvalue weighted by Gasteiger charge is 2.20. The van der Waals surface area contributed by atoms with E-state index in [2.05, 4.69) is 15.5 Å². The van der Waals surface area contributed by atoms with E-state index >= 15 is 0 Å². The molecule has 0 radical (unpaired) electrons. The summed E-state index contributed by atoms with van der Waals surface area (Å²) in [6, 6.07) is 9.76. The first-order valence-corrected chi connectivity index (χ1v) is 10.3. The second kappa shape index (κ2) is 10.9. The molecule has 2 amide bonds. The molecular formula is C23H30FN3O4. The maximum absolute atomic E-state index is 13.0. The Labute approximate surface area is 182 Å². The van der Waals surface area contributed by atoms with Crippen LogP contribution in [0.25, 0.3) is 0 Å². The molecule has 1 saturated heterocycles. The van der Waals surface area contributed by atoms with Crippen molar-refractivity contribution in [2.75, 3.05) is 46.3 Å². The summed E-state index contributed by atoms with van der Waals surface area (Å²) in [4.78, 5) is 14.7. The zero-order valence-electron chi connectivity index (χ0n) is 18.2. The van der Waals surface area contributed by atoms with Crippen LogP contribution in [0.1, 0.15) is 18.4 Å². The van der Waals surface area contributed by atoms with Crippen molar-refractivity contribution in [2.45, 2.75) is 19.4 Å². The van der Waals surface area contributed by atoms with Gasteiger partial charge in [0.15, 0.2) is 11.5 Å². The molecule has 31 heavy (non-hydrogen) atoms. The van der Waals surface area contributed by atoms with Gasteiger partial charge in [0.25, 0.3) is 0 Å². The summed E-state index contributed by atoms with van der Waals surface area (Å²) in [7, 11) is 4.60. The number of benzene rings is 2. The Hall–Kier alpha value is -3.00. The van der Waals surface area contributed by atoms with Gasteiger partial charge in [-0.3, -0.25) is 4.90 Å². The highest BCUT2D eigenvalue weighted by Crippen LogP contribution is 2.39. The lowest BCUT2D eigenvalue weighted by atomic mass is 9.96. The van der Waals surface area contributed by atoms with Gasteiger partial charge in [0.1, 0.15) is 5.82 Å². The third-order valence-corrected chi connectivity index (χ3v) is 5.50. The normalized spacial score (nSPS) is 14.7. The average Bonchev–Trinajstić information content (AvgIpc) is 2.79. The summed E-state index contributed by atoms with van der Waals surface area (Å²) < 4.78 is 29.0. The number of carbonyl (C=O) groups excluding carboxylic acids is 1. The molecule has 0 unspecified atom stereocenters. The van der Waals surface area contributed by atoms with Crippen molar-refractivity contribution in [3.8, 4) is 17.2 Å². The molecule has 1 aliphatic rings. The van der Waals surface area contributed by atoms with E-state index in [0.717, 1.165) is 38.0 Å². The molecule has 0 spiro atoms. The van der Waals surface area contributed by atoms with Crippen molar-refractivity contribution in [2.24, 2.45) is 5.92 Å². The molecule has 168 valence electrons. The molecular weight excluding hydrogens is 401 g/mol. The number of nitrogens with one attached hydrogen (secondary N) is 2. The molecule has 0 aliphatic carbocycles. The number of methoxy groups -OCH3 is 3. The molecule has 3 rings (SSSR count). The third kappa shape index (κ3) is 6.24. The minimum absolute atomic E-state index is 0.210. The van der Waals surface area contributed by atoms with Crippen LogP contribution in [0.2, 0.25) is 0 Å². The van der Waals surface area contributed by atoms with E-state index < -0.39 is 0 Å². The Bertz CT molecular complexity index is 843. The lowest BCUT2D eigenvalue weighted by Gasteiger charge is -2.32. The van der Waals surface area contributed by atoms with Crippen LogP contribution in [0, 0.1) is 11.7 Å². The minimum Gasteiger partial charge on any atom is -0.493 e. The van der Waals surface area contributed by atoms with Crippen LogP contribution < -0.4 is 24.8 Å².